The average molecular weight is 1040 g/mol. The van der Waals surface area contributed by atoms with Crippen molar-refractivity contribution < 1.29 is 73.9 Å². The van der Waals surface area contributed by atoms with Gasteiger partial charge in [-0.1, -0.05) is 127 Å². The quantitative estimate of drug-likeness (QED) is 0.0224. The number of carbonyl (C=O) groups excluding carboxylic acids is 3. The normalized spacial score (nSPS) is 24.0. The Labute approximate surface area is 436 Å². The Balaban J connectivity index is 0.00000119. The van der Waals surface area contributed by atoms with Gasteiger partial charge in [0.2, 0.25) is 17.7 Å². The number of aliphatic carboxylic acids is 1. The monoisotopic (exact) mass is 1040 g/mol. The number of unbranched alkanes of at least 4 members (excludes halogenated alkanes) is 20. The molecule has 19 nitrogen and oxygen atoms in total. The number of carboxylic acids is 1. The molecule has 0 aliphatic carbocycles. The fourth-order valence-corrected chi connectivity index (χ4v) is 7.78. The van der Waals surface area contributed by atoms with Gasteiger partial charge in [-0.15, -0.1) is 0 Å². The van der Waals surface area contributed by atoms with Gasteiger partial charge >= 0.3 is 5.97 Å². The van der Waals surface area contributed by atoms with E-state index < -0.39 is 79.8 Å². The van der Waals surface area contributed by atoms with E-state index in [1.54, 1.807) is 6.08 Å². The summed E-state index contributed by atoms with van der Waals surface area (Å²) in [6.45, 7) is 2.97. The predicted octanol–water partition coefficient (Wildman–Crippen LogP) is 4.89. The molecule has 2 fully saturated rings. The number of nitrogens with one attached hydrogen (secondary N) is 3. The first kappa shape index (κ1) is 69.4. The van der Waals surface area contributed by atoms with Gasteiger partial charge in [0, 0.05) is 14.2 Å². The molecule has 424 valence electrons. The summed E-state index contributed by atoms with van der Waals surface area (Å²) in [4.78, 5) is 45.6. The molecule has 73 heavy (non-hydrogen) atoms. The van der Waals surface area contributed by atoms with Crippen LogP contribution in [0.4, 0.5) is 0 Å². The minimum Gasteiger partial charge on any atom is -0.480 e. The van der Waals surface area contributed by atoms with Gasteiger partial charge in [0.25, 0.3) is 0 Å². The van der Waals surface area contributed by atoms with Crippen LogP contribution in [0.5, 0.6) is 0 Å². The third kappa shape index (κ3) is 35.3. The summed E-state index contributed by atoms with van der Waals surface area (Å²) in [7, 11) is 2.70. The number of carbonyl (C=O) groups is 4. The summed E-state index contributed by atoms with van der Waals surface area (Å²) in [6, 6.07) is -1.85. The molecular formula is C54H98N4O15. The molecule has 12 N–H and O–H groups in total. The Morgan fingerprint density at radius 1 is 0.507 bits per heavy atom. The van der Waals surface area contributed by atoms with Gasteiger partial charge in [0.1, 0.15) is 49.2 Å². The van der Waals surface area contributed by atoms with Crippen molar-refractivity contribution in [3.8, 4) is 0 Å². The second-order valence-corrected chi connectivity index (χ2v) is 18.5. The van der Waals surface area contributed by atoms with Crippen molar-refractivity contribution >= 4 is 23.7 Å². The van der Waals surface area contributed by atoms with Crippen molar-refractivity contribution in [1.82, 2.24) is 16.0 Å². The molecule has 2 saturated heterocycles. The number of aliphatic hydroxyl groups is 6. The zero-order valence-corrected chi connectivity index (χ0v) is 44.7. The van der Waals surface area contributed by atoms with Gasteiger partial charge in [-0.2, -0.15) is 0 Å². The highest BCUT2D eigenvalue weighted by atomic mass is 16.7. The highest BCUT2D eigenvalue weighted by Gasteiger charge is 2.45. The maximum Gasteiger partial charge on any atom is 0.322 e. The van der Waals surface area contributed by atoms with E-state index in [-0.39, 0.29) is 31.5 Å². The minimum atomic E-state index is -1.39. The molecule has 3 amide bonds. The van der Waals surface area contributed by atoms with Gasteiger partial charge in [-0.3, -0.25) is 19.2 Å². The molecule has 10 atom stereocenters. The van der Waals surface area contributed by atoms with Crippen molar-refractivity contribution in [2.24, 2.45) is 5.73 Å². The van der Waals surface area contributed by atoms with Gasteiger partial charge in [0.15, 0.2) is 12.6 Å². The van der Waals surface area contributed by atoms with Crippen LogP contribution < -0.4 is 21.7 Å². The molecule has 0 aromatic carbocycles. The smallest absolute Gasteiger partial charge is 0.322 e. The number of allylic oxidation sites excluding steroid dienone is 6. The molecule has 0 aromatic heterocycles. The van der Waals surface area contributed by atoms with Crippen LogP contribution >= 0.6 is 0 Å². The fraction of sp³-hybridized carbons (Fsp3) is 0.778. The van der Waals surface area contributed by atoms with Crippen LogP contribution in [0.1, 0.15) is 168 Å². The summed E-state index contributed by atoms with van der Waals surface area (Å²) in [5.41, 5.74) is 5.50. The average Bonchev–Trinajstić information content (AvgIpc) is 3.38. The molecule has 2 aliphatic rings. The van der Waals surface area contributed by atoms with Gasteiger partial charge in [-0.25, -0.2) is 0 Å². The lowest BCUT2D eigenvalue weighted by Gasteiger charge is -2.41. The molecule has 2 heterocycles. The molecule has 0 spiro atoms. The van der Waals surface area contributed by atoms with Crippen molar-refractivity contribution in [1.29, 1.82) is 0 Å². The first-order valence-electron chi connectivity index (χ1n) is 27.0. The standard InChI is InChI=1S/C27H48N2O7.C20H35NO3.C7H15NO5/c1-3-4-5-6-7-8-9-10-11-12-13-14-15-16-17-18-22(31)28-19-23(32)29-24-26(34)25(33)21(20-30)36-27(24)35-2;1-2-3-4-5-6-7-8-9-10-11-12-13-14-15-16-17-19(22)21-18-20(23)24;1-12-7-4(8)6(11)5(10)3(2-9)13-7/h8-9,17-18,21,24-27,30,33-34H,3-7,10-16,19-20H2,1-2H3,(H,28,31)(H,29,32);7-8,16-17H,2-6,9-15,18H2,1H3,(H,21,22)(H,23,24);3-7,9-11H,2,8H2,1H3/b9-8-,18-17+;8-7-,17-16+;. The Kier molecular flexibility index (Phi) is 44.6. The predicted molar refractivity (Wildman–Crippen MR) is 282 cm³/mol. The molecular weight excluding hydrogens is 945 g/mol. The summed E-state index contributed by atoms with van der Waals surface area (Å²) in [5, 5.41) is 72.7. The molecule has 0 saturated carbocycles. The zero-order valence-electron chi connectivity index (χ0n) is 44.7. The van der Waals surface area contributed by atoms with Crippen LogP contribution in [-0.2, 0) is 38.1 Å². The second-order valence-electron chi connectivity index (χ2n) is 18.5. The maximum absolute atomic E-state index is 12.2. The van der Waals surface area contributed by atoms with Gasteiger partial charge < -0.3 is 76.4 Å². The van der Waals surface area contributed by atoms with E-state index in [4.69, 9.17) is 34.9 Å². The van der Waals surface area contributed by atoms with Crippen LogP contribution in [0, 0.1) is 0 Å². The molecule has 0 aromatic rings. The van der Waals surface area contributed by atoms with Crippen molar-refractivity contribution in [3.05, 3.63) is 48.6 Å². The van der Waals surface area contributed by atoms with Crippen LogP contribution in [0.3, 0.4) is 0 Å². The van der Waals surface area contributed by atoms with E-state index in [9.17, 15) is 44.7 Å². The third-order valence-corrected chi connectivity index (χ3v) is 12.2. The number of amides is 3. The van der Waals surface area contributed by atoms with E-state index in [0.717, 1.165) is 38.5 Å². The van der Waals surface area contributed by atoms with E-state index >= 15 is 0 Å². The summed E-state index contributed by atoms with van der Waals surface area (Å²) in [5.74, 6) is -2.30. The first-order valence-corrected chi connectivity index (χ1v) is 27.0. The maximum atomic E-state index is 12.2. The number of nitrogens with two attached hydrogens (primary N) is 1. The number of ether oxygens (including phenoxy) is 4. The lowest BCUT2D eigenvalue weighted by atomic mass is 9.97. The SMILES string of the molecule is CCCCCC/C=C\CCCCCCC/C=C/C(=O)NCC(=O)NC1C(OC)OC(CO)C(O)C1O.CCCCCC/C=C\CCCCCCC/C=C/C(=O)NCC(=O)O.COC1OC(CO)C(O)C(O)C1N. The number of aliphatic hydroxyl groups excluding tert-OH is 6. The number of methoxy groups -OCH3 is 2. The van der Waals surface area contributed by atoms with E-state index in [1.807, 2.05) is 6.08 Å². The number of carboxylic acid groups (broad SMARTS) is 1. The summed E-state index contributed by atoms with van der Waals surface area (Å²) >= 11 is 0. The molecule has 10 unspecified atom stereocenters. The molecule has 0 radical (unpaired) electrons. The van der Waals surface area contributed by atoms with Crippen LogP contribution in [0.15, 0.2) is 48.6 Å². The summed E-state index contributed by atoms with van der Waals surface area (Å²) in [6.07, 6.45) is 35.8. The lowest BCUT2D eigenvalue weighted by molar-refractivity contribution is -0.262. The highest BCUT2D eigenvalue weighted by molar-refractivity contribution is 5.91. The van der Waals surface area contributed by atoms with Crippen molar-refractivity contribution in [3.63, 3.8) is 0 Å². The topological polar surface area (TPSA) is 309 Å². The first-order chi connectivity index (χ1) is 35.2. The Hall–Kier alpha value is -3.60. The molecule has 2 aliphatic heterocycles. The van der Waals surface area contributed by atoms with Crippen LogP contribution in [0.2, 0.25) is 0 Å². The third-order valence-electron chi connectivity index (χ3n) is 12.2. The fourth-order valence-electron chi connectivity index (χ4n) is 7.78. The zero-order chi connectivity index (χ0) is 54.5. The second kappa shape index (κ2) is 46.9. The van der Waals surface area contributed by atoms with Gasteiger partial charge in [0.05, 0.1) is 25.8 Å². The summed E-state index contributed by atoms with van der Waals surface area (Å²) < 4.78 is 20.3. The minimum absolute atomic E-state index is 0.296. The van der Waals surface area contributed by atoms with Crippen LogP contribution in [-0.4, -0.2) is 161 Å². The molecule has 2 rings (SSSR count). The van der Waals surface area contributed by atoms with E-state index in [1.165, 1.54) is 142 Å². The highest BCUT2D eigenvalue weighted by Crippen LogP contribution is 2.22. The Morgan fingerprint density at radius 3 is 1.25 bits per heavy atom. The Morgan fingerprint density at radius 2 is 0.863 bits per heavy atom. The number of rotatable bonds is 37. The lowest BCUT2D eigenvalue weighted by Crippen LogP contribution is -2.65. The van der Waals surface area contributed by atoms with Gasteiger partial charge in [-0.05, 0) is 89.2 Å². The van der Waals surface area contributed by atoms with E-state index in [2.05, 4.69) is 54.1 Å². The van der Waals surface area contributed by atoms with E-state index in [0.29, 0.717) is 0 Å². The Bertz CT molecular complexity index is 1500. The van der Waals surface area contributed by atoms with Crippen molar-refractivity contribution in [2.45, 2.75) is 229 Å². The number of hydrogen-bond acceptors (Lipinski definition) is 15. The largest absolute Gasteiger partial charge is 0.480 e. The molecule has 0 bridgehead atoms. The van der Waals surface area contributed by atoms with Crippen molar-refractivity contribution in [2.75, 3.05) is 40.5 Å². The number of hydrogen-bond donors (Lipinski definition) is 11. The molecule has 19 heteroatoms. The van der Waals surface area contributed by atoms with Crippen LogP contribution in [0.25, 0.3) is 0 Å².